The Kier molecular flexibility index (Phi) is 6.92. The molecule has 1 fully saturated rings. The topological polar surface area (TPSA) is 83.6 Å². The van der Waals surface area contributed by atoms with E-state index in [2.05, 4.69) is 20.5 Å². The maximum Gasteiger partial charge on any atom is 0.251 e. The lowest BCUT2D eigenvalue weighted by molar-refractivity contribution is -0.116. The van der Waals surface area contributed by atoms with E-state index in [-0.39, 0.29) is 24.3 Å². The van der Waals surface area contributed by atoms with E-state index in [4.69, 9.17) is 4.74 Å². The van der Waals surface area contributed by atoms with Crippen molar-refractivity contribution < 1.29 is 14.3 Å². The lowest BCUT2D eigenvalue weighted by Crippen LogP contribution is -2.35. The lowest BCUT2D eigenvalue weighted by Gasteiger charge is -2.25. The normalized spacial score (nSPS) is 15.9. The predicted octanol–water partition coefficient (Wildman–Crippen LogP) is 2.12. The Morgan fingerprint density at radius 3 is 2.74 bits per heavy atom. The molecule has 2 aromatic rings. The van der Waals surface area contributed by atoms with Crippen molar-refractivity contribution in [3.05, 3.63) is 47.0 Å². The number of hydrogen-bond donors (Lipinski definition) is 2. The molecule has 0 saturated carbocycles. The van der Waals surface area contributed by atoms with Gasteiger partial charge in [0, 0.05) is 43.0 Å². The predicted molar refractivity (Wildman–Crippen MR) is 105 cm³/mol. The number of rotatable bonds is 7. The summed E-state index contributed by atoms with van der Waals surface area (Å²) in [5.41, 5.74) is 1.53. The largest absolute Gasteiger partial charge is 0.379 e. The van der Waals surface area contributed by atoms with Gasteiger partial charge >= 0.3 is 0 Å². The molecule has 1 unspecified atom stereocenters. The Bertz CT molecular complexity index is 759. The Balaban J connectivity index is 1.44. The number of ether oxygens (including phenoxy) is 1. The number of aromatic nitrogens is 1. The monoisotopic (exact) mass is 388 g/mol. The SMILES string of the molecule is CC(CC(=O)Nc1nc(CN2CCOCC2)cs1)NC(=O)c1ccccc1. The van der Waals surface area contributed by atoms with Crippen LogP contribution in [-0.4, -0.2) is 54.0 Å². The van der Waals surface area contributed by atoms with Crippen LogP contribution < -0.4 is 10.6 Å². The summed E-state index contributed by atoms with van der Waals surface area (Å²) in [6.07, 6.45) is 0.191. The molecule has 1 aliphatic heterocycles. The molecule has 8 heteroatoms. The van der Waals surface area contributed by atoms with Crippen LogP contribution in [0.3, 0.4) is 0 Å². The second-order valence-corrected chi connectivity index (χ2v) is 7.38. The van der Waals surface area contributed by atoms with Crippen LogP contribution in [0.15, 0.2) is 35.7 Å². The summed E-state index contributed by atoms with van der Waals surface area (Å²) in [4.78, 5) is 31.1. The van der Waals surface area contributed by atoms with Gasteiger partial charge in [-0.25, -0.2) is 4.98 Å². The van der Waals surface area contributed by atoms with Crippen molar-refractivity contribution in [3.63, 3.8) is 0 Å². The van der Waals surface area contributed by atoms with Gasteiger partial charge in [-0.05, 0) is 19.1 Å². The number of benzene rings is 1. The average Bonchev–Trinajstić information content (AvgIpc) is 3.09. The summed E-state index contributed by atoms with van der Waals surface area (Å²) in [7, 11) is 0. The first kappa shape index (κ1) is 19.5. The number of nitrogens with one attached hydrogen (secondary N) is 2. The van der Waals surface area contributed by atoms with Crippen molar-refractivity contribution >= 4 is 28.3 Å². The molecule has 2 N–H and O–H groups in total. The minimum absolute atomic E-state index is 0.164. The van der Waals surface area contributed by atoms with Crippen LogP contribution in [0.5, 0.6) is 0 Å². The Labute approximate surface area is 162 Å². The van der Waals surface area contributed by atoms with Gasteiger partial charge in [0.05, 0.1) is 18.9 Å². The van der Waals surface area contributed by atoms with E-state index in [0.717, 1.165) is 38.5 Å². The zero-order valence-corrected chi connectivity index (χ0v) is 16.1. The highest BCUT2D eigenvalue weighted by Crippen LogP contribution is 2.17. The maximum atomic E-state index is 12.2. The molecule has 27 heavy (non-hydrogen) atoms. The Morgan fingerprint density at radius 1 is 1.26 bits per heavy atom. The van der Waals surface area contributed by atoms with Crippen LogP contribution in [0.2, 0.25) is 0 Å². The zero-order chi connectivity index (χ0) is 19.1. The first-order chi connectivity index (χ1) is 13.1. The molecule has 1 aromatic carbocycles. The Hall–Kier alpha value is -2.29. The van der Waals surface area contributed by atoms with E-state index in [1.165, 1.54) is 11.3 Å². The smallest absolute Gasteiger partial charge is 0.251 e. The highest BCUT2D eigenvalue weighted by atomic mass is 32.1. The van der Waals surface area contributed by atoms with Gasteiger partial charge in [-0.2, -0.15) is 0 Å². The van der Waals surface area contributed by atoms with Crippen LogP contribution in [0.1, 0.15) is 29.4 Å². The quantitative estimate of drug-likeness (QED) is 0.759. The van der Waals surface area contributed by atoms with Crippen molar-refractivity contribution in [2.45, 2.75) is 25.9 Å². The molecule has 1 aliphatic rings. The van der Waals surface area contributed by atoms with Gasteiger partial charge in [-0.1, -0.05) is 18.2 Å². The molecular weight excluding hydrogens is 364 g/mol. The fourth-order valence-electron chi connectivity index (χ4n) is 2.82. The molecule has 1 atom stereocenters. The molecule has 0 spiro atoms. The van der Waals surface area contributed by atoms with Crippen molar-refractivity contribution in [3.8, 4) is 0 Å². The third kappa shape index (κ3) is 6.13. The minimum atomic E-state index is -0.273. The highest BCUT2D eigenvalue weighted by Gasteiger charge is 2.16. The van der Waals surface area contributed by atoms with E-state index in [0.29, 0.717) is 10.7 Å². The van der Waals surface area contributed by atoms with Gasteiger partial charge in [-0.15, -0.1) is 11.3 Å². The van der Waals surface area contributed by atoms with E-state index in [9.17, 15) is 9.59 Å². The molecule has 144 valence electrons. The summed E-state index contributed by atoms with van der Waals surface area (Å²) in [5.74, 6) is -0.346. The summed E-state index contributed by atoms with van der Waals surface area (Å²) < 4.78 is 5.34. The number of amides is 2. The van der Waals surface area contributed by atoms with Gasteiger partial charge in [-0.3, -0.25) is 14.5 Å². The first-order valence-electron chi connectivity index (χ1n) is 9.00. The number of nitrogens with zero attached hydrogens (tertiary/aromatic N) is 2. The minimum Gasteiger partial charge on any atom is -0.379 e. The van der Waals surface area contributed by atoms with Gasteiger partial charge < -0.3 is 15.4 Å². The first-order valence-corrected chi connectivity index (χ1v) is 9.88. The van der Waals surface area contributed by atoms with Crippen LogP contribution in [0.4, 0.5) is 5.13 Å². The van der Waals surface area contributed by atoms with Gasteiger partial charge in [0.15, 0.2) is 5.13 Å². The van der Waals surface area contributed by atoms with Crippen molar-refractivity contribution in [2.75, 3.05) is 31.6 Å². The fourth-order valence-corrected chi connectivity index (χ4v) is 3.54. The van der Waals surface area contributed by atoms with E-state index < -0.39 is 0 Å². The molecule has 0 bridgehead atoms. The number of morpholine rings is 1. The molecule has 0 radical (unpaired) electrons. The third-order valence-corrected chi connectivity index (χ3v) is 5.00. The van der Waals surface area contributed by atoms with Crippen LogP contribution in [-0.2, 0) is 16.1 Å². The van der Waals surface area contributed by atoms with E-state index >= 15 is 0 Å². The van der Waals surface area contributed by atoms with Crippen LogP contribution >= 0.6 is 11.3 Å². The molecule has 1 saturated heterocycles. The Morgan fingerprint density at radius 2 is 2.00 bits per heavy atom. The second-order valence-electron chi connectivity index (χ2n) is 6.53. The van der Waals surface area contributed by atoms with Gasteiger partial charge in [0.1, 0.15) is 0 Å². The van der Waals surface area contributed by atoms with Crippen molar-refractivity contribution in [1.29, 1.82) is 0 Å². The summed E-state index contributed by atoms with van der Waals surface area (Å²) >= 11 is 1.42. The molecule has 0 aliphatic carbocycles. The number of hydrogen-bond acceptors (Lipinski definition) is 6. The molecular formula is C19H24N4O3S. The van der Waals surface area contributed by atoms with Crippen molar-refractivity contribution in [1.82, 2.24) is 15.2 Å². The summed E-state index contributed by atoms with van der Waals surface area (Å²) in [6, 6.07) is 8.69. The van der Waals surface area contributed by atoms with E-state index in [1.54, 1.807) is 12.1 Å². The fraction of sp³-hybridized carbons (Fsp3) is 0.421. The lowest BCUT2D eigenvalue weighted by atomic mass is 10.1. The third-order valence-electron chi connectivity index (χ3n) is 4.19. The molecule has 2 heterocycles. The molecule has 1 aromatic heterocycles. The highest BCUT2D eigenvalue weighted by molar-refractivity contribution is 7.13. The summed E-state index contributed by atoms with van der Waals surface area (Å²) in [5, 5.41) is 8.21. The number of carbonyl (C=O) groups is 2. The molecule has 3 rings (SSSR count). The number of thiazole rings is 1. The zero-order valence-electron chi connectivity index (χ0n) is 15.3. The van der Waals surface area contributed by atoms with Crippen molar-refractivity contribution in [2.24, 2.45) is 0 Å². The molecule has 2 amide bonds. The maximum absolute atomic E-state index is 12.2. The van der Waals surface area contributed by atoms with Crippen LogP contribution in [0, 0.1) is 0 Å². The average molecular weight is 388 g/mol. The van der Waals surface area contributed by atoms with E-state index in [1.807, 2.05) is 30.5 Å². The van der Waals surface area contributed by atoms with Gasteiger partial charge in [0.2, 0.25) is 5.91 Å². The summed E-state index contributed by atoms with van der Waals surface area (Å²) in [6.45, 7) is 5.88. The number of carbonyl (C=O) groups excluding carboxylic acids is 2. The number of anilines is 1. The molecule has 7 nitrogen and oxygen atoms in total. The van der Waals surface area contributed by atoms with Crippen LogP contribution in [0.25, 0.3) is 0 Å². The second kappa shape index (κ2) is 9.59. The van der Waals surface area contributed by atoms with Gasteiger partial charge in [0.25, 0.3) is 5.91 Å². The standard InChI is InChI=1S/C19H24N4O3S/c1-14(20-18(25)15-5-3-2-4-6-15)11-17(24)22-19-21-16(13-27-19)12-23-7-9-26-10-8-23/h2-6,13-14H,7-12H2,1H3,(H,20,25)(H,21,22,24).